The van der Waals surface area contributed by atoms with E-state index in [4.69, 9.17) is 0 Å². The van der Waals surface area contributed by atoms with Crippen molar-refractivity contribution < 1.29 is 0 Å². The summed E-state index contributed by atoms with van der Waals surface area (Å²) in [6, 6.07) is 98.7. The molecule has 316 valence electrons. The van der Waals surface area contributed by atoms with Gasteiger partial charge in [-0.15, -0.1) is 0 Å². The molecule has 0 unspecified atom stereocenters. The summed E-state index contributed by atoms with van der Waals surface area (Å²) in [7, 11) is 0. The first-order valence-electron chi connectivity index (χ1n) is 23.6. The normalized spacial score (nSPS) is 11.5. The van der Waals surface area contributed by atoms with Gasteiger partial charge in [0.1, 0.15) is 0 Å². The van der Waals surface area contributed by atoms with E-state index >= 15 is 0 Å². The molecule has 0 spiro atoms. The number of hydrogen-bond donors (Lipinski definition) is 0. The Balaban J connectivity index is 1.20. The Morgan fingerprint density at radius 1 is 0.132 bits per heavy atom. The van der Waals surface area contributed by atoms with Crippen LogP contribution in [0.2, 0.25) is 0 Å². The molecule has 68 heavy (non-hydrogen) atoms. The smallest absolute Gasteiger partial charge is 0.00201 e. The molecule has 13 rings (SSSR count). The fourth-order valence-electron chi connectivity index (χ4n) is 10.8. The first-order chi connectivity index (χ1) is 33.7. The summed E-state index contributed by atoms with van der Waals surface area (Å²) in [6.07, 6.45) is 0. The van der Waals surface area contributed by atoms with Gasteiger partial charge in [-0.25, -0.2) is 0 Å². The maximum absolute atomic E-state index is 2.54. The summed E-state index contributed by atoms with van der Waals surface area (Å²) in [5, 5.41) is 12.3. The predicted octanol–water partition coefficient (Wildman–Crippen LogP) is 19.1. The zero-order valence-electron chi connectivity index (χ0n) is 37.4. The highest BCUT2D eigenvalue weighted by atomic mass is 14.3. The van der Waals surface area contributed by atoms with Crippen molar-refractivity contribution in [3.05, 3.63) is 267 Å². The Kier molecular flexibility index (Phi) is 9.62. The lowest BCUT2D eigenvalue weighted by Crippen LogP contribution is -1.95. The zero-order valence-corrected chi connectivity index (χ0v) is 37.4. The van der Waals surface area contributed by atoms with E-state index in [2.05, 4.69) is 267 Å². The minimum atomic E-state index is 1.19. The van der Waals surface area contributed by atoms with Crippen LogP contribution in [0, 0.1) is 0 Å². The third-order valence-corrected chi connectivity index (χ3v) is 14.0. The molecule has 0 aliphatic heterocycles. The third-order valence-electron chi connectivity index (χ3n) is 14.0. The van der Waals surface area contributed by atoms with Crippen LogP contribution in [0.3, 0.4) is 0 Å². The van der Waals surface area contributed by atoms with E-state index in [-0.39, 0.29) is 0 Å². The van der Waals surface area contributed by atoms with Crippen LogP contribution in [0.4, 0.5) is 0 Å². The fourth-order valence-corrected chi connectivity index (χ4v) is 10.8. The lowest BCUT2D eigenvalue weighted by Gasteiger charge is -2.23. The van der Waals surface area contributed by atoms with Gasteiger partial charge in [-0.2, -0.15) is 0 Å². The van der Waals surface area contributed by atoms with Crippen molar-refractivity contribution in [1.29, 1.82) is 0 Å². The van der Waals surface area contributed by atoms with Crippen molar-refractivity contribution in [3.8, 4) is 77.9 Å². The van der Waals surface area contributed by atoms with E-state index in [1.54, 1.807) is 0 Å². The average Bonchev–Trinajstić information content (AvgIpc) is 3.42. The molecule has 0 fully saturated rings. The summed E-state index contributed by atoms with van der Waals surface area (Å²) >= 11 is 0. The van der Waals surface area contributed by atoms with Crippen LogP contribution in [0.25, 0.3) is 132 Å². The Hall–Kier alpha value is -8.84. The summed E-state index contributed by atoms with van der Waals surface area (Å²) < 4.78 is 0. The predicted molar refractivity (Wildman–Crippen MR) is 292 cm³/mol. The topological polar surface area (TPSA) is 0 Å². The van der Waals surface area contributed by atoms with E-state index in [0.29, 0.717) is 0 Å². The van der Waals surface area contributed by atoms with Gasteiger partial charge in [0.05, 0.1) is 0 Å². The summed E-state index contributed by atoms with van der Waals surface area (Å²) in [5.74, 6) is 0. The Morgan fingerprint density at radius 3 is 1.06 bits per heavy atom. The van der Waals surface area contributed by atoms with Crippen LogP contribution in [0.5, 0.6) is 0 Å². The molecule has 0 amide bonds. The van der Waals surface area contributed by atoms with E-state index in [9.17, 15) is 0 Å². The van der Waals surface area contributed by atoms with E-state index in [0.717, 1.165) is 0 Å². The maximum atomic E-state index is 2.54. The van der Waals surface area contributed by atoms with Gasteiger partial charge in [0.25, 0.3) is 0 Å². The molecule has 0 saturated heterocycles. The number of fused-ring (bicyclic) bond motifs is 6. The average molecular weight is 861 g/mol. The highest BCUT2D eigenvalue weighted by Gasteiger charge is 2.23. The number of rotatable bonds is 7. The van der Waals surface area contributed by atoms with Crippen molar-refractivity contribution in [1.82, 2.24) is 0 Å². The second kappa shape index (κ2) is 16.5. The fraction of sp³-hybridized carbons (Fsp3) is 0. The highest BCUT2D eigenvalue weighted by molar-refractivity contribution is 6.29. The summed E-state index contributed by atoms with van der Waals surface area (Å²) in [5.41, 5.74) is 17.0. The van der Waals surface area contributed by atoms with E-state index in [1.165, 1.54) is 132 Å². The molecular weight excluding hydrogens is 817 g/mol. The van der Waals surface area contributed by atoms with Crippen molar-refractivity contribution in [2.24, 2.45) is 0 Å². The molecule has 0 aromatic heterocycles. The van der Waals surface area contributed by atoms with Gasteiger partial charge in [-0.05, 0) is 156 Å². The number of benzene rings is 13. The maximum Gasteiger partial charge on any atom is -0.00201 e. The third kappa shape index (κ3) is 6.77. The number of hydrogen-bond acceptors (Lipinski definition) is 0. The minimum absolute atomic E-state index is 1.19. The lowest BCUT2D eigenvalue weighted by atomic mass is 9.80. The SMILES string of the molecule is c1ccc(-c2ccc(-c3c4ccc(-c5ccccc5)cc4c(-c4ccc(-c5ccccc5)cc4)c4cc5c(cc34)c(-c3ccccc3)c(-c3ccc4ccccc4c3)c3ccccc35)cc2)cc1. The first kappa shape index (κ1) is 39.5. The van der Waals surface area contributed by atoms with Gasteiger partial charge in [0, 0.05) is 0 Å². The largest absolute Gasteiger partial charge is 0.0622 e. The molecule has 0 bridgehead atoms. The van der Waals surface area contributed by atoms with Crippen LogP contribution in [-0.2, 0) is 0 Å². The molecular formula is C68H44. The van der Waals surface area contributed by atoms with Gasteiger partial charge in [-0.3, -0.25) is 0 Å². The van der Waals surface area contributed by atoms with Gasteiger partial charge in [0.15, 0.2) is 0 Å². The summed E-state index contributed by atoms with van der Waals surface area (Å²) in [4.78, 5) is 0. The van der Waals surface area contributed by atoms with Crippen LogP contribution in [0.15, 0.2) is 267 Å². The summed E-state index contributed by atoms with van der Waals surface area (Å²) in [6.45, 7) is 0. The Morgan fingerprint density at radius 2 is 0.471 bits per heavy atom. The van der Waals surface area contributed by atoms with Crippen molar-refractivity contribution in [3.63, 3.8) is 0 Å². The molecule has 0 heterocycles. The van der Waals surface area contributed by atoms with Crippen LogP contribution >= 0.6 is 0 Å². The molecule has 0 N–H and O–H groups in total. The Bertz CT molecular complexity index is 4000. The van der Waals surface area contributed by atoms with Crippen molar-refractivity contribution in [2.45, 2.75) is 0 Å². The van der Waals surface area contributed by atoms with E-state index in [1.807, 2.05) is 0 Å². The van der Waals surface area contributed by atoms with E-state index < -0.39 is 0 Å². The molecule has 0 saturated carbocycles. The molecule has 0 heteroatoms. The second-order valence-corrected chi connectivity index (χ2v) is 17.9. The zero-order chi connectivity index (χ0) is 45.0. The Labute approximate surface area is 396 Å². The van der Waals surface area contributed by atoms with Crippen LogP contribution in [-0.4, -0.2) is 0 Å². The monoisotopic (exact) mass is 860 g/mol. The van der Waals surface area contributed by atoms with Crippen LogP contribution in [0.1, 0.15) is 0 Å². The van der Waals surface area contributed by atoms with Crippen molar-refractivity contribution >= 4 is 53.9 Å². The quantitative estimate of drug-likeness (QED) is 0.111. The standard InChI is InChI=1S/C68H44/c1-5-17-45(18-6-1)49-29-34-52(35-30-49)65-59-40-39-55(47-21-9-3-10-22-47)42-61(59)66(53-36-31-50(32-37-53)46-19-7-2-8-20-46)63-43-60-57-27-15-16-28-58(57)68(56-38-33-48-23-13-14-26-54(48)41-56)67(62(60)44-64(63)65)51-24-11-4-12-25-51/h1-44H. The molecule has 13 aromatic carbocycles. The molecule has 0 aliphatic carbocycles. The first-order valence-corrected chi connectivity index (χ1v) is 23.6. The molecule has 0 nitrogen and oxygen atoms in total. The minimum Gasteiger partial charge on any atom is -0.0622 e. The van der Waals surface area contributed by atoms with Crippen molar-refractivity contribution in [2.75, 3.05) is 0 Å². The van der Waals surface area contributed by atoms with Gasteiger partial charge >= 0.3 is 0 Å². The molecule has 0 radical (unpaired) electrons. The lowest BCUT2D eigenvalue weighted by molar-refractivity contribution is 1.60. The molecule has 13 aromatic rings. The van der Waals surface area contributed by atoms with Gasteiger partial charge in [-0.1, -0.05) is 243 Å². The van der Waals surface area contributed by atoms with Gasteiger partial charge < -0.3 is 0 Å². The highest BCUT2D eigenvalue weighted by Crippen LogP contribution is 2.51. The molecule has 0 aliphatic rings. The second-order valence-electron chi connectivity index (χ2n) is 17.9. The van der Waals surface area contributed by atoms with Crippen LogP contribution < -0.4 is 0 Å². The van der Waals surface area contributed by atoms with Gasteiger partial charge in [0.2, 0.25) is 0 Å². The molecule has 0 atom stereocenters.